The van der Waals surface area contributed by atoms with E-state index in [1.165, 1.54) is 28.9 Å². The first-order valence-corrected chi connectivity index (χ1v) is 7.07. The molecule has 2 nitrogen and oxygen atoms in total. The monoisotopic (exact) mass is 250 g/mol. The second-order valence-corrected chi connectivity index (χ2v) is 5.53. The third kappa shape index (κ3) is 1.88. The zero-order valence-electron chi connectivity index (χ0n) is 11.0. The molecular formula is C17H18N2. The highest BCUT2D eigenvalue weighted by molar-refractivity contribution is 5.64. The highest BCUT2D eigenvalue weighted by Crippen LogP contribution is 2.34. The summed E-state index contributed by atoms with van der Waals surface area (Å²) >= 11 is 0. The van der Waals surface area contributed by atoms with E-state index in [-0.39, 0.29) is 0 Å². The van der Waals surface area contributed by atoms with Gasteiger partial charge in [0.15, 0.2) is 0 Å². The van der Waals surface area contributed by atoms with Gasteiger partial charge in [0.1, 0.15) is 0 Å². The summed E-state index contributed by atoms with van der Waals surface area (Å²) in [5.74, 6) is 0.701. The van der Waals surface area contributed by atoms with Gasteiger partial charge in [-0.3, -0.25) is 0 Å². The Labute approximate surface area is 114 Å². The van der Waals surface area contributed by atoms with Gasteiger partial charge >= 0.3 is 0 Å². The second kappa shape index (κ2) is 4.30. The molecule has 0 atom stereocenters. The first kappa shape index (κ1) is 10.9. The van der Waals surface area contributed by atoms with Crippen LogP contribution in [0.5, 0.6) is 0 Å². The molecule has 2 heteroatoms. The predicted molar refractivity (Wildman–Crippen MR) is 80.0 cm³/mol. The Morgan fingerprint density at radius 2 is 1.84 bits per heavy atom. The van der Waals surface area contributed by atoms with Crippen LogP contribution in [0, 0.1) is 0 Å². The summed E-state index contributed by atoms with van der Waals surface area (Å²) < 4.78 is 0. The van der Waals surface area contributed by atoms with Crippen LogP contribution in [-0.2, 0) is 6.42 Å². The molecule has 0 aromatic heterocycles. The van der Waals surface area contributed by atoms with Crippen LogP contribution in [-0.4, -0.2) is 19.6 Å². The van der Waals surface area contributed by atoms with Crippen molar-refractivity contribution in [2.24, 2.45) is 0 Å². The van der Waals surface area contributed by atoms with Crippen LogP contribution in [0.25, 0.3) is 0 Å². The van der Waals surface area contributed by atoms with E-state index in [4.69, 9.17) is 0 Å². The van der Waals surface area contributed by atoms with Gasteiger partial charge in [0.2, 0.25) is 0 Å². The Bertz CT molecular complexity index is 585. The fraction of sp³-hybridized carbons (Fsp3) is 0.294. The Balaban J connectivity index is 1.49. The molecule has 0 aliphatic carbocycles. The molecule has 2 heterocycles. The lowest BCUT2D eigenvalue weighted by atomic mass is 9.91. The summed E-state index contributed by atoms with van der Waals surface area (Å²) in [6.45, 7) is 3.39. The van der Waals surface area contributed by atoms with Gasteiger partial charge in [-0.2, -0.15) is 0 Å². The third-order valence-corrected chi connectivity index (χ3v) is 4.32. The number of benzene rings is 2. The van der Waals surface area contributed by atoms with Crippen LogP contribution in [0.3, 0.4) is 0 Å². The van der Waals surface area contributed by atoms with Crippen LogP contribution < -0.4 is 10.2 Å². The van der Waals surface area contributed by atoms with Crippen LogP contribution in [0.2, 0.25) is 0 Å². The van der Waals surface area contributed by atoms with Crippen molar-refractivity contribution in [3.05, 3.63) is 59.7 Å². The van der Waals surface area contributed by atoms with E-state index in [0.29, 0.717) is 5.92 Å². The lowest BCUT2D eigenvalue weighted by Crippen LogP contribution is -2.45. The molecule has 4 rings (SSSR count). The van der Waals surface area contributed by atoms with Crippen molar-refractivity contribution < 1.29 is 0 Å². The van der Waals surface area contributed by atoms with Gasteiger partial charge in [0, 0.05) is 36.9 Å². The Morgan fingerprint density at radius 3 is 2.68 bits per heavy atom. The molecule has 19 heavy (non-hydrogen) atoms. The first-order valence-electron chi connectivity index (χ1n) is 7.07. The maximum absolute atomic E-state index is 3.42. The molecule has 2 aliphatic rings. The van der Waals surface area contributed by atoms with Crippen LogP contribution in [0.1, 0.15) is 17.0 Å². The van der Waals surface area contributed by atoms with E-state index in [0.717, 1.165) is 19.6 Å². The molecule has 2 aromatic rings. The molecule has 0 unspecified atom stereocenters. The molecule has 0 bridgehead atoms. The van der Waals surface area contributed by atoms with E-state index in [2.05, 4.69) is 58.7 Å². The van der Waals surface area contributed by atoms with Gasteiger partial charge in [-0.25, -0.2) is 0 Å². The number of rotatable bonds is 2. The maximum Gasteiger partial charge on any atom is 0.0375 e. The molecule has 2 aliphatic heterocycles. The maximum atomic E-state index is 3.42. The first-order chi connectivity index (χ1) is 9.40. The molecule has 1 fully saturated rings. The lowest BCUT2D eigenvalue weighted by Gasteiger charge is -2.41. The number of anilines is 2. The molecular weight excluding hydrogens is 232 g/mol. The van der Waals surface area contributed by atoms with E-state index in [1.54, 1.807) is 0 Å². The van der Waals surface area contributed by atoms with Crippen molar-refractivity contribution in [3.63, 3.8) is 0 Å². The zero-order chi connectivity index (χ0) is 12.7. The standard InChI is InChI=1S/C17H18N2/c1-2-4-13(5-3-1)15-11-19(12-15)16-6-7-17-14(10-16)8-9-18-17/h1-7,10,15,18H,8-9,11-12H2. The van der Waals surface area contributed by atoms with Gasteiger partial charge in [-0.1, -0.05) is 30.3 Å². The summed E-state index contributed by atoms with van der Waals surface area (Å²) in [6.07, 6.45) is 1.17. The number of hydrogen-bond donors (Lipinski definition) is 1. The topological polar surface area (TPSA) is 15.3 Å². The van der Waals surface area contributed by atoms with Gasteiger partial charge in [-0.15, -0.1) is 0 Å². The molecule has 2 aromatic carbocycles. The van der Waals surface area contributed by atoms with Gasteiger partial charge in [-0.05, 0) is 35.7 Å². The number of hydrogen-bond acceptors (Lipinski definition) is 2. The van der Waals surface area contributed by atoms with Crippen LogP contribution in [0.15, 0.2) is 48.5 Å². The van der Waals surface area contributed by atoms with Crippen molar-refractivity contribution in [1.29, 1.82) is 0 Å². The highest BCUT2D eigenvalue weighted by atomic mass is 15.2. The van der Waals surface area contributed by atoms with Crippen molar-refractivity contribution in [1.82, 2.24) is 0 Å². The van der Waals surface area contributed by atoms with Crippen LogP contribution >= 0.6 is 0 Å². The molecule has 1 saturated heterocycles. The fourth-order valence-electron chi connectivity index (χ4n) is 3.11. The van der Waals surface area contributed by atoms with Crippen LogP contribution in [0.4, 0.5) is 11.4 Å². The van der Waals surface area contributed by atoms with E-state index < -0.39 is 0 Å². The molecule has 0 amide bonds. The minimum atomic E-state index is 0.701. The number of nitrogens with one attached hydrogen (secondary N) is 1. The molecule has 0 spiro atoms. The summed E-state index contributed by atoms with van der Waals surface area (Å²) in [6, 6.07) is 17.7. The van der Waals surface area contributed by atoms with E-state index in [1.807, 2.05) is 0 Å². The molecule has 1 N–H and O–H groups in total. The number of fused-ring (bicyclic) bond motifs is 1. The average Bonchev–Trinajstić information content (AvgIpc) is 2.86. The summed E-state index contributed by atoms with van der Waals surface area (Å²) in [7, 11) is 0. The van der Waals surface area contributed by atoms with E-state index in [9.17, 15) is 0 Å². The minimum absolute atomic E-state index is 0.701. The van der Waals surface area contributed by atoms with Gasteiger partial charge in [0.25, 0.3) is 0 Å². The van der Waals surface area contributed by atoms with Crippen molar-refractivity contribution in [2.45, 2.75) is 12.3 Å². The second-order valence-electron chi connectivity index (χ2n) is 5.53. The predicted octanol–water partition coefficient (Wildman–Crippen LogP) is 3.26. The molecule has 0 saturated carbocycles. The zero-order valence-corrected chi connectivity index (χ0v) is 11.0. The average molecular weight is 250 g/mol. The molecule has 0 radical (unpaired) electrons. The van der Waals surface area contributed by atoms with Gasteiger partial charge < -0.3 is 10.2 Å². The van der Waals surface area contributed by atoms with Gasteiger partial charge in [0.05, 0.1) is 0 Å². The highest BCUT2D eigenvalue weighted by Gasteiger charge is 2.28. The quantitative estimate of drug-likeness (QED) is 0.880. The SMILES string of the molecule is c1ccc(C2CN(c3ccc4c(c3)CCN4)C2)cc1. The minimum Gasteiger partial charge on any atom is -0.384 e. The smallest absolute Gasteiger partial charge is 0.0375 e. The summed E-state index contributed by atoms with van der Waals surface area (Å²) in [4.78, 5) is 2.48. The molecule has 96 valence electrons. The normalized spacial score (nSPS) is 17.8. The van der Waals surface area contributed by atoms with Crippen molar-refractivity contribution >= 4 is 11.4 Å². The van der Waals surface area contributed by atoms with E-state index >= 15 is 0 Å². The number of nitrogens with zero attached hydrogens (tertiary/aromatic N) is 1. The Hall–Kier alpha value is -1.96. The Kier molecular flexibility index (Phi) is 2.47. The largest absolute Gasteiger partial charge is 0.384 e. The summed E-state index contributed by atoms with van der Waals surface area (Å²) in [5, 5.41) is 3.42. The third-order valence-electron chi connectivity index (χ3n) is 4.32. The lowest BCUT2D eigenvalue weighted by molar-refractivity contribution is 0.525. The summed E-state index contributed by atoms with van der Waals surface area (Å²) in [5.41, 5.74) is 5.65. The van der Waals surface area contributed by atoms with Crippen molar-refractivity contribution in [3.8, 4) is 0 Å². The fourth-order valence-corrected chi connectivity index (χ4v) is 3.11. The Morgan fingerprint density at radius 1 is 1.00 bits per heavy atom. The van der Waals surface area contributed by atoms with Crippen molar-refractivity contribution in [2.75, 3.05) is 29.9 Å².